The predicted octanol–water partition coefficient (Wildman–Crippen LogP) is 3.60. The van der Waals surface area contributed by atoms with Gasteiger partial charge in [0.1, 0.15) is 5.75 Å². The van der Waals surface area contributed by atoms with E-state index in [1.54, 1.807) is 12.1 Å². The molecule has 0 aliphatic rings. The van der Waals surface area contributed by atoms with Gasteiger partial charge in [0.2, 0.25) is 0 Å². The zero-order valence-corrected chi connectivity index (χ0v) is 11.1. The molecule has 2 aromatic carbocycles. The molecule has 0 fully saturated rings. The summed E-state index contributed by atoms with van der Waals surface area (Å²) in [5.74, 6) is 0.307. The number of rotatable bonds is 4. The fourth-order valence-electron chi connectivity index (χ4n) is 2.25. The van der Waals surface area contributed by atoms with Crippen LogP contribution in [0.4, 0.5) is 5.69 Å². The van der Waals surface area contributed by atoms with Crippen LogP contribution in [-0.4, -0.2) is 16.6 Å². The van der Waals surface area contributed by atoms with Crippen molar-refractivity contribution in [3.05, 3.63) is 66.4 Å². The molecule has 0 radical (unpaired) electrons. The Balaban J connectivity index is 1.69. The number of aromatic hydroxyl groups is 1. The zero-order valence-electron chi connectivity index (χ0n) is 11.1. The Labute approximate surface area is 117 Å². The van der Waals surface area contributed by atoms with Gasteiger partial charge < -0.3 is 10.4 Å². The summed E-state index contributed by atoms with van der Waals surface area (Å²) in [6.07, 6.45) is 2.74. The molecule has 0 saturated heterocycles. The average molecular weight is 264 g/mol. The first kappa shape index (κ1) is 12.5. The summed E-state index contributed by atoms with van der Waals surface area (Å²) in [7, 11) is 0. The van der Waals surface area contributed by atoms with E-state index in [0.29, 0.717) is 5.75 Å². The normalized spacial score (nSPS) is 10.6. The van der Waals surface area contributed by atoms with Gasteiger partial charge in [-0.25, -0.2) is 0 Å². The third-order valence-electron chi connectivity index (χ3n) is 3.31. The van der Waals surface area contributed by atoms with Crippen molar-refractivity contribution in [1.82, 2.24) is 4.98 Å². The van der Waals surface area contributed by atoms with Gasteiger partial charge in [0.05, 0.1) is 5.52 Å². The van der Waals surface area contributed by atoms with Gasteiger partial charge in [0.15, 0.2) is 0 Å². The third kappa shape index (κ3) is 2.72. The van der Waals surface area contributed by atoms with Gasteiger partial charge in [-0.15, -0.1) is 0 Å². The smallest absolute Gasteiger partial charge is 0.115 e. The Hall–Kier alpha value is -2.55. The van der Waals surface area contributed by atoms with Crippen LogP contribution in [0.25, 0.3) is 10.9 Å². The van der Waals surface area contributed by atoms with E-state index in [1.807, 2.05) is 42.6 Å². The molecule has 20 heavy (non-hydrogen) atoms. The molecule has 2 N–H and O–H groups in total. The Morgan fingerprint density at radius 1 is 0.950 bits per heavy atom. The predicted molar refractivity (Wildman–Crippen MR) is 82.0 cm³/mol. The van der Waals surface area contributed by atoms with Gasteiger partial charge in [-0.3, -0.25) is 4.98 Å². The van der Waals surface area contributed by atoms with Crippen molar-refractivity contribution in [1.29, 1.82) is 0 Å². The first-order chi connectivity index (χ1) is 9.83. The molecule has 0 bridgehead atoms. The summed E-state index contributed by atoms with van der Waals surface area (Å²) in [5, 5.41) is 13.8. The maximum atomic E-state index is 9.26. The maximum Gasteiger partial charge on any atom is 0.115 e. The number of hydrogen-bond donors (Lipinski definition) is 2. The number of hydrogen-bond acceptors (Lipinski definition) is 3. The van der Waals surface area contributed by atoms with Crippen molar-refractivity contribution in [3.63, 3.8) is 0 Å². The van der Waals surface area contributed by atoms with Crippen LogP contribution < -0.4 is 5.32 Å². The number of benzene rings is 2. The summed E-state index contributed by atoms with van der Waals surface area (Å²) in [6.45, 7) is 0.846. The molecule has 3 aromatic rings. The largest absolute Gasteiger partial charge is 0.508 e. The summed E-state index contributed by atoms with van der Waals surface area (Å²) in [5.41, 5.74) is 3.31. The summed E-state index contributed by atoms with van der Waals surface area (Å²) >= 11 is 0. The van der Waals surface area contributed by atoms with Gasteiger partial charge in [-0.1, -0.05) is 30.3 Å². The van der Waals surface area contributed by atoms with E-state index in [1.165, 1.54) is 5.56 Å². The first-order valence-corrected chi connectivity index (χ1v) is 6.68. The first-order valence-electron chi connectivity index (χ1n) is 6.68. The average Bonchev–Trinajstić information content (AvgIpc) is 2.49. The molecular weight excluding hydrogens is 248 g/mol. The monoisotopic (exact) mass is 264 g/mol. The Morgan fingerprint density at radius 3 is 2.60 bits per heavy atom. The molecule has 3 nitrogen and oxygen atoms in total. The van der Waals surface area contributed by atoms with Crippen LogP contribution in [0.5, 0.6) is 5.75 Å². The van der Waals surface area contributed by atoms with Crippen molar-refractivity contribution >= 4 is 16.6 Å². The molecule has 0 aliphatic carbocycles. The molecule has 0 amide bonds. The topological polar surface area (TPSA) is 45.1 Å². The second-order valence-corrected chi connectivity index (χ2v) is 4.72. The van der Waals surface area contributed by atoms with Crippen LogP contribution in [-0.2, 0) is 6.42 Å². The SMILES string of the molecule is Oc1ccc(CCNc2ccnc3ccccc23)cc1. The maximum absolute atomic E-state index is 9.26. The Morgan fingerprint density at radius 2 is 1.75 bits per heavy atom. The number of nitrogens with zero attached hydrogens (tertiary/aromatic N) is 1. The fourth-order valence-corrected chi connectivity index (χ4v) is 2.25. The lowest BCUT2D eigenvalue weighted by atomic mass is 10.1. The highest BCUT2D eigenvalue weighted by molar-refractivity contribution is 5.90. The van der Waals surface area contributed by atoms with Crippen LogP contribution in [0.1, 0.15) is 5.56 Å². The number of anilines is 1. The molecule has 100 valence electrons. The number of phenols is 1. The summed E-state index contributed by atoms with van der Waals surface area (Å²) in [4.78, 5) is 4.35. The minimum atomic E-state index is 0.307. The van der Waals surface area contributed by atoms with Crippen LogP contribution >= 0.6 is 0 Å². The van der Waals surface area contributed by atoms with Gasteiger partial charge in [0.25, 0.3) is 0 Å². The molecule has 1 heterocycles. The molecule has 0 unspecified atom stereocenters. The minimum absolute atomic E-state index is 0.307. The lowest BCUT2D eigenvalue weighted by Gasteiger charge is -2.09. The van der Waals surface area contributed by atoms with Crippen molar-refractivity contribution in [3.8, 4) is 5.75 Å². The van der Waals surface area contributed by atoms with Crippen LogP contribution in [0, 0.1) is 0 Å². The van der Waals surface area contributed by atoms with Gasteiger partial charge in [-0.2, -0.15) is 0 Å². The van der Waals surface area contributed by atoms with Crippen LogP contribution in [0.15, 0.2) is 60.8 Å². The Kier molecular flexibility index (Phi) is 3.50. The van der Waals surface area contributed by atoms with Crippen molar-refractivity contribution in [2.24, 2.45) is 0 Å². The van der Waals surface area contributed by atoms with Gasteiger partial charge in [0, 0.05) is 23.8 Å². The van der Waals surface area contributed by atoms with Crippen molar-refractivity contribution in [2.75, 3.05) is 11.9 Å². The van der Waals surface area contributed by atoms with E-state index in [0.717, 1.165) is 29.6 Å². The second kappa shape index (κ2) is 5.61. The van der Waals surface area contributed by atoms with E-state index in [4.69, 9.17) is 0 Å². The number of para-hydroxylation sites is 1. The fraction of sp³-hybridized carbons (Fsp3) is 0.118. The number of aromatic nitrogens is 1. The van der Waals surface area contributed by atoms with E-state index >= 15 is 0 Å². The highest BCUT2D eigenvalue weighted by Crippen LogP contribution is 2.20. The lowest BCUT2D eigenvalue weighted by molar-refractivity contribution is 0.475. The minimum Gasteiger partial charge on any atom is -0.508 e. The van der Waals surface area contributed by atoms with Crippen molar-refractivity contribution in [2.45, 2.75) is 6.42 Å². The number of phenolic OH excluding ortho intramolecular Hbond substituents is 1. The molecule has 0 spiro atoms. The second-order valence-electron chi connectivity index (χ2n) is 4.72. The van der Waals surface area contributed by atoms with Gasteiger partial charge in [-0.05, 0) is 36.2 Å². The van der Waals surface area contributed by atoms with E-state index in [9.17, 15) is 5.11 Å². The summed E-state index contributed by atoms with van der Waals surface area (Å²) in [6, 6.07) is 17.4. The standard InChI is InChI=1S/C17H16N2O/c20-14-7-5-13(6-8-14)9-11-18-17-10-12-19-16-4-2-1-3-15(16)17/h1-8,10,12,20H,9,11H2,(H,18,19). The molecule has 1 aromatic heterocycles. The van der Waals surface area contributed by atoms with Crippen LogP contribution in [0.3, 0.4) is 0 Å². The highest BCUT2D eigenvalue weighted by Gasteiger charge is 2.00. The number of fused-ring (bicyclic) bond motifs is 1. The molecule has 0 atom stereocenters. The molecule has 3 rings (SSSR count). The highest BCUT2D eigenvalue weighted by atomic mass is 16.3. The van der Waals surface area contributed by atoms with E-state index in [-0.39, 0.29) is 0 Å². The van der Waals surface area contributed by atoms with Crippen molar-refractivity contribution < 1.29 is 5.11 Å². The molecule has 0 aliphatic heterocycles. The molecular formula is C17H16N2O. The summed E-state index contributed by atoms with van der Waals surface area (Å²) < 4.78 is 0. The zero-order chi connectivity index (χ0) is 13.8. The van der Waals surface area contributed by atoms with Crippen LogP contribution in [0.2, 0.25) is 0 Å². The quantitative estimate of drug-likeness (QED) is 0.757. The molecule has 0 saturated carbocycles. The number of pyridine rings is 1. The number of nitrogens with one attached hydrogen (secondary N) is 1. The lowest BCUT2D eigenvalue weighted by Crippen LogP contribution is -2.05. The molecule has 3 heteroatoms. The third-order valence-corrected chi connectivity index (χ3v) is 3.31. The van der Waals surface area contributed by atoms with Gasteiger partial charge >= 0.3 is 0 Å². The Bertz CT molecular complexity index is 702. The van der Waals surface area contributed by atoms with E-state index < -0.39 is 0 Å². The van der Waals surface area contributed by atoms with E-state index in [2.05, 4.69) is 16.4 Å².